The number of carbonyl (C=O) groups excluding carboxylic acids is 1. The van der Waals surface area contributed by atoms with E-state index >= 15 is 0 Å². The molecule has 4 nitrogen and oxygen atoms in total. The summed E-state index contributed by atoms with van der Waals surface area (Å²) in [6.07, 6.45) is 2.11. The maximum Gasteiger partial charge on any atom is 0.236 e. The average molecular weight is 199 g/mol. The molecule has 14 heavy (non-hydrogen) atoms. The molecule has 0 spiro atoms. The topological polar surface area (TPSA) is 53.2 Å². The maximum atomic E-state index is 11.5. The van der Waals surface area contributed by atoms with Crippen molar-refractivity contribution in [2.75, 3.05) is 19.6 Å². The Morgan fingerprint density at radius 2 is 2.43 bits per heavy atom. The van der Waals surface area contributed by atoms with Crippen LogP contribution in [-0.2, 0) is 4.79 Å². The van der Waals surface area contributed by atoms with E-state index in [4.69, 9.17) is 0 Å². The molecule has 1 heterocycles. The Hall–Kier alpha value is -0.610. The summed E-state index contributed by atoms with van der Waals surface area (Å²) in [5, 5.41) is 9.46. The molecule has 1 aliphatic heterocycles. The standard InChI is InChI=1S/C10H21N3O/c1-3-5-12-10(14)8(2)13-9-4-6-11-7-9/h8-9,11,13H,3-7H2,1-2H3,(H,12,14). The molecule has 1 amide bonds. The lowest BCUT2D eigenvalue weighted by atomic mass is 10.2. The van der Waals surface area contributed by atoms with Crippen LogP contribution < -0.4 is 16.0 Å². The van der Waals surface area contributed by atoms with Crippen LogP contribution in [0.2, 0.25) is 0 Å². The third kappa shape index (κ3) is 3.64. The lowest BCUT2D eigenvalue weighted by Gasteiger charge is -2.18. The molecule has 0 aromatic carbocycles. The van der Waals surface area contributed by atoms with Crippen molar-refractivity contribution in [1.82, 2.24) is 16.0 Å². The van der Waals surface area contributed by atoms with Crippen LogP contribution in [0.5, 0.6) is 0 Å². The first kappa shape index (κ1) is 11.5. The second-order valence-corrected chi connectivity index (χ2v) is 3.87. The van der Waals surface area contributed by atoms with E-state index in [0.717, 1.165) is 32.5 Å². The molecule has 2 unspecified atom stereocenters. The average Bonchev–Trinajstić information content (AvgIpc) is 2.66. The molecule has 0 saturated carbocycles. The summed E-state index contributed by atoms with van der Waals surface area (Å²) in [6, 6.07) is 0.379. The van der Waals surface area contributed by atoms with Gasteiger partial charge in [0.15, 0.2) is 0 Å². The third-order valence-electron chi connectivity index (χ3n) is 2.49. The van der Waals surface area contributed by atoms with Gasteiger partial charge in [0.25, 0.3) is 0 Å². The van der Waals surface area contributed by atoms with E-state index in [1.165, 1.54) is 0 Å². The van der Waals surface area contributed by atoms with Gasteiger partial charge in [-0.15, -0.1) is 0 Å². The van der Waals surface area contributed by atoms with Crippen molar-refractivity contribution in [3.8, 4) is 0 Å². The zero-order chi connectivity index (χ0) is 10.4. The molecule has 1 fully saturated rings. The first-order chi connectivity index (χ1) is 6.74. The van der Waals surface area contributed by atoms with E-state index in [1.807, 2.05) is 6.92 Å². The Morgan fingerprint density at radius 3 is 3.00 bits per heavy atom. The number of rotatable bonds is 5. The minimum absolute atomic E-state index is 0.0774. The monoisotopic (exact) mass is 199 g/mol. The molecule has 1 rings (SSSR count). The largest absolute Gasteiger partial charge is 0.355 e. The highest BCUT2D eigenvalue weighted by molar-refractivity contribution is 5.81. The highest BCUT2D eigenvalue weighted by Gasteiger charge is 2.19. The minimum Gasteiger partial charge on any atom is -0.355 e. The summed E-state index contributed by atoms with van der Waals surface area (Å²) in [5.74, 6) is 0.110. The zero-order valence-electron chi connectivity index (χ0n) is 9.10. The van der Waals surface area contributed by atoms with Crippen LogP contribution in [0.1, 0.15) is 26.7 Å². The lowest BCUT2D eigenvalue weighted by molar-refractivity contribution is -0.122. The van der Waals surface area contributed by atoms with E-state index in [9.17, 15) is 4.79 Å². The van der Waals surface area contributed by atoms with Crippen molar-refractivity contribution in [1.29, 1.82) is 0 Å². The second-order valence-electron chi connectivity index (χ2n) is 3.87. The summed E-state index contributed by atoms with van der Waals surface area (Å²) >= 11 is 0. The van der Waals surface area contributed by atoms with Crippen molar-refractivity contribution < 1.29 is 4.79 Å². The van der Waals surface area contributed by atoms with Gasteiger partial charge in [-0.3, -0.25) is 4.79 Å². The predicted molar refractivity (Wildman–Crippen MR) is 57.2 cm³/mol. The lowest BCUT2D eigenvalue weighted by Crippen LogP contribution is -2.47. The zero-order valence-corrected chi connectivity index (χ0v) is 9.10. The predicted octanol–water partition coefficient (Wildman–Crippen LogP) is -0.147. The SMILES string of the molecule is CCCNC(=O)C(C)NC1CCNC1. The van der Waals surface area contributed by atoms with Gasteiger partial charge >= 0.3 is 0 Å². The molecule has 1 aliphatic rings. The van der Waals surface area contributed by atoms with Crippen LogP contribution in [0.4, 0.5) is 0 Å². The summed E-state index contributed by atoms with van der Waals surface area (Å²) in [5.41, 5.74) is 0. The molecule has 1 saturated heterocycles. The summed E-state index contributed by atoms with van der Waals surface area (Å²) < 4.78 is 0. The normalized spacial score (nSPS) is 23.4. The molecular formula is C10H21N3O. The Kier molecular flexibility index (Phi) is 4.90. The highest BCUT2D eigenvalue weighted by Crippen LogP contribution is 1.98. The van der Waals surface area contributed by atoms with E-state index in [-0.39, 0.29) is 11.9 Å². The summed E-state index contributed by atoms with van der Waals surface area (Å²) in [4.78, 5) is 11.5. The number of nitrogens with one attached hydrogen (secondary N) is 3. The van der Waals surface area contributed by atoms with Crippen molar-refractivity contribution >= 4 is 5.91 Å². The van der Waals surface area contributed by atoms with Crippen molar-refractivity contribution in [2.24, 2.45) is 0 Å². The number of hydrogen-bond donors (Lipinski definition) is 3. The molecule has 3 N–H and O–H groups in total. The second kappa shape index (κ2) is 5.98. The van der Waals surface area contributed by atoms with Gasteiger partial charge in [-0.1, -0.05) is 6.92 Å². The van der Waals surface area contributed by atoms with E-state index in [2.05, 4.69) is 22.9 Å². The van der Waals surface area contributed by atoms with Crippen LogP contribution in [-0.4, -0.2) is 37.6 Å². The third-order valence-corrected chi connectivity index (χ3v) is 2.49. The van der Waals surface area contributed by atoms with Gasteiger partial charge in [-0.05, 0) is 26.3 Å². The molecule has 0 radical (unpaired) electrons. The van der Waals surface area contributed by atoms with E-state index in [0.29, 0.717) is 6.04 Å². The van der Waals surface area contributed by atoms with Crippen molar-refractivity contribution in [3.05, 3.63) is 0 Å². The van der Waals surface area contributed by atoms with Gasteiger partial charge < -0.3 is 16.0 Å². The van der Waals surface area contributed by atoms with Crippen LogP contribution in [0.25, 0.3) is 0 Å². The Bertz CT molecular complexity index is 178. The quantitative estimate of drug-likeness (QED) is 0.577. The first-order valence-corrected chi connectivity index (χ1v) is 5.48. The fourth-order valence-electron chi connectivity index (χ4n) is 1.63. The maximum absolute atomic E-state index is 11.5. The fraction of sp³-hybridized carbons (Fsp3) is 0.900. The van der Waals surface area contributed by atoms with Crippen molar-refractivity contribution in [3.63, 3.8) is 0 Å². The first-order valence-electron chi connectivity index (χ1n) is 5.48. The van der Waals surface area contributed by atoms with Crippen molar-refractivity contribution in [2.45, 2.75) is 38.8 Å². The Labute approximate surface area is 85.8 Å². The molecule has 0 bridgehead atoms. The Balaban J connectivity index is 2.18. The number of hydrogen-bond acceptors (Lipinski definition) is 3. The van der Waals surface area contributed by atoms with E-state index in [1.54, 1.807) is 0 Å². The molecule has 82 valence electrons. The minimum atomic E-state index is -0.0774. The molecule has 0 aromatic heterocycles. The van der Waals surface area contributed by atoms with Crippen LogP contribution in [0.3, 0.4) is 0 Å². The Morgan fingerprint density at radius 1 is 1.64 bits per heavy atom. The van der Waals surface area contributed by atoms with Crippen LogP contribution in [0, 0.1) is 0 Å². The summed E-state index contributed by atoms with van der Waals surface area (Å²) in [6.45, 7) is 6.78. The molecule has 0 aliphatic carbocycles. The fourth-order valence-corrected chi connectivity index (χ4v) is 1.63. The van der Waals surface area contributed by atoms with Crippen LogP contribution >= 0.6 is 0 Å². The smallest absolute Gasteiger partial charge is 0.236 e. The molecular weight excluding hydrogens is 178 g/mol. The molecule has 2 atom stereocenters. The van der Waals surface area contributed by atoms with Gasteiger partial charge in [0.05, 0.1) is 6.04 Å². The number of amides is 1. The van der Waals surface area contributed by atoms with Gasteiger partial charge in [-0.2, -0.15) is 0 Å². The van der Waals surface area contributed by atoms with Gasteiger partial charge in [-0.25, -0.2) is 0 Å². The van der Waals surface area contributed by atoms with Gasteiger partial charge in [0.1, 0.15) is 0 Å². The summed E-state index contributed by atoms with van der Waals surface area (Å²) in [7, 11) is 0. The molecule has 0 aromatic rings. The molecule has 4 heteroatoms. The van der Waals surface area contributed by atoms with Gasteiger partial charge in [0.2, 0.25) is 5.91 Å². The van der Waals surface area contributed by atoms with Crippen LogP contribution in [0.15, 0.2) is 0 Å². The van der Waals surface area contributed by atoms with Gasteiger partial charge in [0, 0.05) is 19.1 Å². The number of carbonyl (C=O) groups is 1. The van der Waals surface area contributed by atoms with E-state index < -0.39 is 0 Å². The highest BCUT2D eigenvalue weighted by atomic mass is 16.2.